The third kappa shape index (κ3) is 5.19. The zero-order valence-electron chi connectivity index (χ0n) is 17.8. The Hall–Kier alpha value is -1.33. The molecule has 0 aliphatic heterocycles. The molecule has 2 saturated carbocycles. The van der Waals surface area contributed by atoms with Gasteiger partial charge in [-0.15, -0.1) is 0 Å². The number of fused-ring (bicyclic) bond motifs is 5. The van der Waals surface area contributed by atoms with Crippen LogP contribution < -0.4 is 19.6 Å². The lowest BCUT2D eigenvalue weighted by Crippen LogP contribution is -2.47. The minimum absolute atomic E-state index is 0.0990. The van der Waals surface area contributed by atoms with Gasteiger partial charge in [-0.1, -0.05) is 13.0 Å². The second kappa shape index (κ2) is 8.12. The van der Waals surface area contributed by atoms with Crippen LogP contribution in [0.5, 0.6) is 5.75 Å². The van der Waals surface area contributed by atoms with E-state index in [0.717, 1.165) is 17.5 Å². The van der Waals surface area contributed by atoms with Crippen molar-refractivity contribution < 1.29 is 37.8 Å². The van der Waals surface area contributed by atoms with E-state index in [1.807, 2.05) is 13.0 Å². The maximum atomic E-state index is 11.7. The zero-order valence-corrected chi connectivity index (χ0v) is 20.2. The molecule has 0 bridgehead atoms. The largest absolute Gasteiger partial charge is 0.380 e. The number of rotatable bonds is 6. The van der Waals surface area contributed by atoms with Crippen LogP contribution in [0.3, 0.4) is 0 Å². The van der Waals surface area contributed by atoms with Gasteiger partial charge in [-0.2, -0.15) is 30.4 Å². The quantitative estimate of drug-likeness (QED) is 0.452. The third-order valence-corrected chi connectivity index (χ3v) is 8.73. The second-order valence-electron chi connectivity index (χ2n) is 9.27. The Kier molecular flexibility index (Phi) is 6.10. The van der Waals surface area contributed by atoms with Gasteiger partial charge in [-0.25, -0.2) is 10.3 Å². The van der Waals surface area contributed by atoms with Gasteiger partial charge in [0.15, 0.2) is 0 Å². The molecule has 0 spiro atoms. The molecule has 3 aliphatic carbocycles. The molecule has 1 aromatic carbocycles. The van der Waals surface area contributed by atoms with Crippen molar-refractivity contribution in [1.29, 1.82) is 0 Å². The highest BCUT2D eigenvalue weighted by molar-refractivity contribution is 7.85. The Morgan fingerprint density at radius 1 is 0.939 bits per heavy atom. The molecule has 0 amide bonds. The molecule has 1 aromatic rings. The maximum Gasteiger partial charge on any atom is 0.380 e. The van der Waals surface area contributed by atoms with E-state index >= 15 is 0 Å². The first-order valence-electron chi connectivity index (χ1n) is 10.3. The van der Waals surface area contributed by atoms with Crippen molar-refractivity contribution in [2.45, 2.75) is 57.2 Å². The lowest BCUT2D eigenvalue weighted by atomic mass is 9.55. The summed E-state index contributed by atoms with van der Waals surface area (Å²) in [6.07, 6.45) is 0.650. The zero-order chi connectivity index (χ0) is 24.4. The van der Waals surface area contributed by atoms with Gasteiger partial charge in [0, 0.05) is 5.41 Å². The summed E-state index contributed by atoms with van der Waals surface area (Å²) in [4.78, 5) is 0. The first-order valence-corrected chi connectivity index (χ1v) is 14.7. The van der Waals surface area contributed by atoms with Crippen molar-refractivity contribution in [3.05, 3.63) is 29.3 Å². The Balaban J connectivity index is 1.66. The van der Waals surface area contributed by atoms with E-state index in [4.69, 9.17) is 28.0 Å². The van der Waals surface area contributed by atoms with Gasteiger partial charge < -0.3 is 4.18 Å². The minimum atomic E-state index is -4.37. The Morgan fingerprint density at radius 3 is 2.21 bits per heavy atom. The van der Waals surface area contributed by atoms with Gasteiger partial charge in [0.1, 0.15) is 18.0 Å². The fourth-order valence-corrected chi connectivity index (χ4v) is 7.80. The summed E-state index contributed by atoms with van der Waals surface area (Å²) < 4.78 is 84.3. The lowest BCUT2D eigenvalue weighted by molar-refractivity contribution is -0.0266. The van der Waals surface area contributed by atoms with Crippen LogP contribution in [0.4, 0.5) is 0 Å². The molecule has 12 nitrogen and oxygen atoms in total. The van der Waals surface area contributed by atoms with E-state index in [-0.39, 0.29) is 29.9 Å². The summed E-state index contributed by atoms with van der Waals surface area (Å²) in [6, 6.07) is 5.03. The number of hydrogen-bond acceptors (Lipinski definition) is 9. The van der Waals surface area contributed by atoms with Crippen LogP contribution in [-0.2, 0) is 45.7 Å². The molecule has 3 aliphatic rings. The van der Waals surface area contributed by atoms with Crippen LogP contribution in [0.1, 0.15) is 49.7 Å². The summed E-state index contributed by atoms with van der Waals surface area (Å²) in [6.45, 7) is 1.87. The fourth-order valence-electron chi connectivity index (χ4n) is 6.27. The topological polar surface area (TPSA) is 208 Å². The molecule has 2 fully saturated rings. The van der Waals surface area contributed by atoms with E-state index in [0.29, 0.717) is 19.3 Å². The van der Waals surface area contributed by atoms with Gasteiger partial charge in [0.25, 0.3) is 0 Å². The van der Waals surface area contributed by atoms with Crippen LogP contribution in [0, 0.1) is 17.3 Å². The molecule has 186 valence electrons. The van der Waals surface area contributed by atoms with Crippen LogP contribution >= 0.6 is 0 Å². The number of aryl methyl sites for hydroxylation is 1. The van der Waals surface area contributed by atoms with E-state index in [1.54, 1.807) is 12.1 Å². The average molecular weight is 526 g/mol. The molecule has 0 unspecified atom stereocenters. The number of nitrogens with two attached hydrogens (primary N) is 3. The number of hydrogen-bond donors (Lipinski definition) is 3. The third-order valence-electron chi connectivity index (χ3n) is 7.32. The minimum Gasteiger partial charge on any atom is -0.371 e. The normalized spacial score (nSPS) is 34.2. The predicted molar refractivity (Wildman–Crippen MR) is 116 cm³/mol. The first-order chi connectivity index (χ1) is 15.1. The van der Waals surface area contributed by atoms with Crippen LogP contribution in [0.25, 0.3) is 0 Å². The monoisotopic (exact) mass is 525 g/mol. The molecule has 0 saturated heterocycles. The Bertz CT molecular complexity index is 1270. The Labute approximate surface area is 193 Å². The van der Waals surface area contributed by atoms with Crippen molar-refractivity contribution >= 4 is 30.9 Å². The van der Waals surface area contributed by atoms with Crippen LogP contribution in [-0.4, -0.2) is 37.5 Å². The van der Waals surface area contributed by atoms with Crippen LogP contribution in [0.15, 0.2) is 18.2 Å². The van der Waals surface area contributed by atoms with Gasteiger partial charge in [0.05, 0.1) is 0 Å². The van der Waals surface area contributed by atoms with Crippen LogP contribution in [0.2, 0.25) is 0 Å². The van der Waals surface area contributed by atoms with E-state index in [2.05, 4.69) is 0 Å². The molecular formula is C18H27N3O9S3. The van der Waals surface area contributed by atoms with Crippen molar-refractivity contribution in [3.63, 3.8) is 0 Å². The summed E-state index contributed by atoms with van der Waals surface area (Å²) in [5.74, 6) is 0.239. The van der Waals surface area contributed by atoms with Crippen molar-refractivity contribution in [1.82, 2.24) is 0 Å². The van der Waals surface area contributed by atoms with E-state index in [1.165, 1.54) is 0 Å². The van der Waals surface area contributed by atoms with Gasteiger partial charge in [-0.05, 0) is 73.1 Å². The molecule has 6 N–H and O–H groups in total. The summed E-state index contributed by atoms with van der Waals surface area (Å²) in [7, 11) is -12.9. The molecule has 4 rings (SSSR count). The van der Waals surface area contributed by atoms with Crippen molar-refractivity contribution in [2.24, 2.45) is 32.7 Å². The number of benzene rings is 1. The molecule has 0 aromatic heterocycles. The summed E-state index contributed by atoms with van der Waals surface area (Å²) in [5.41, 5.74) is 1.31. The standard InChI is InChI=1S/C18H27N3O9S3/c1-18-7-6-13-12-5-3-11(28-31(19,22)23)8-10(12)2-4-14(13)15(18)9-16(29-32(20,24)25)17(18)30-33(21,26)27/h3,5,8,13-17H,2,4,6-7,9H2,1H3,(H2,19,22,23)(H2,20,24,25)(H2,21,26,27)/t13-,14-,15+,16-,17+,18+/m1/s1. The predicted octanol–water partition coefficient (Wildman–Crippen LogP) is -0.0877. The first kappa shape index (κ1) is 24.8. The van der Waals surface area contributed by atoms with Gasteiger partial charge in [-0.3, -0.25) is 8.37 Å². The maximum absolute atomic E-state index is 11.7. The SMILES string of the molecule is C[C@]12CC[C@@H]3c4ccc(OS(N)(=O)=O)cc4CC[C@H]3[C@@H]1C[C@@H](OS(N)(=O)=O)[C@@H]2OS(N)(=O)=O. The van der Waals surface area contributed by atoms with Crippen molar-refractivity contribution in [3.8, 4) is 5.75 Å². The molecule has 0 heterocycles. The summed E-state index contributed by atoms with van der Waals surface area (Å²) >= 11 is 0. The molecular weight excluding hydrogens is 498 g/mol. The highest BCUT2D eigenvalue weighted by atomic mass is 32.2. The fraction of sp³-hybridized carbons (Fsp3) is 0.667. The van der Waals surface area contributed by atoms with Gasteiger partial charge in [0.2, 0.25) is 0 Å². The highest BCUT2D eigenvalue weighted by Crippen LogP contribution is 2.62. The smallest absolute Gasteiger partial charge is 0.371 e. The Morgan fingerprint density at radius 2 is 1.61 bits per heavy atom. The molecule has 33 heavy (non-hydrogen) atoms. The average Bonchev–Trinajstić information content (AvgIpc) is 2.89. The molecule has 6 atom stereocenters. The van der Waals surface area contributed by atoms with Gasteiger partial charge >= 0.3 is 30.9 Å². The molecule has 0 radical (unpaired) electrons. The van der Waals surface area contributed by atoms with E-state index in [9.17, 15) is 25.3 Å². The highest BCUT2D eigenvalue weighted by Gasteiger charge is 2.61. The molecule has 15 heteroatoms. The van der Waals surface area contributed by atoms with Crippen molar-refractivity contribution in [2.75, 3.05) is 0 Å². The van der Waals surface area contributed by atoms with E-state index < -0.39 is 48.5 Å². The summed E-state index contributed by atoms with van der Waals surface area (Å²) in [5, 5.41) is 15.2. The second-order valence-corrected chi connectivity index (χ2v) is 12.8. The lowest BCUT2D eigenvalue weighted by Gasteiger charge is -2.50.